The first kappa shape index (κ1) is 23.3. The summed E-state index contributed by atoms with van der Waals surface area (Å²) >= 11 is 0. The largest absolute Gasteiger partial charge is 0.490 e. The van der Waals surface area contributed by atoms with Crippen LogP contribution in [0.15, 0.2) is 42.5 Å². The fourth-order valence-electron chi connectivity index (χ4n) is 4.69. The van der Waals surface area contributed by atoms with Gasteiger partial charge in [0.1, 0.15) is 17.9 Å². The van der Waals surface area contributed by atoms with Gasteiger partial charge in [-0.15, -0.1) is 0 Å². The van der Waals surface area contributed by atoms with E-state index in [1.165, 1.54) is 12.8 Å². The average Bonchev–Trinajstić information content (AvgIpc) is 3.61. The molecule has 2 N–H and O–H groups in total. The predicted molar refractivity (Wildman–Crippen MR) is 137 cm³/mol. The number of amides is 2. The summed E-state index contributed by atoms with van der Waals surface area (Å²) in [6.07, 6.45) is 4.38. The van der Waals surface area contributed by atoms with Crippen molar-refractivity contribution in [2.24, 2.45) is 5.92 Å². The van der Waals surface area contributed by atoms with Crippen molar-refractivity contribution in [1.29, 1.82) is 5.26 Å². The summed E-state index contributed by atoms with van der Waals surface area (Å²) in [4.78, 5) is 12.1. The fraction of sp³-hybridized carbons (Fsp3) is 0.429. The molecule has 5 rings (SSSR count). The van der Waals surface area contributed by atoms with Gasteiger partial charge in [-0.1, -0.05) is 12.1 Å². The highest BCUT2D eigenvalue weighted by atomic mass is 16.5. The van der Waals surface area contributed by atoms with Gasteiger partial charge in [-0.05, 0) is 62.4 Å². The molecule has 2 fully saturated rings. The second-order valence-corrected chi connectivity index (χ2v) is 9.83. The number of nitriles is 1. The van der Waals surface area contributed by atoms with Gasteiger partial charge in [-0.25, -0.2) is 4.79 Å². The lowest BCUT2D eigenvalue weighted by Gasteiger charge is -2.23. The van der Waals surface area contributed by atoms with Crippen LogP contribution in [-0.4, -0.2) is 36.0 Å². The number of hydrogen-bond acceptors (Lipinski definition) is 4. The molecule has 1 aliphatic heterocycles. The Morgan fingerprint density at radius 3 is 2.54 bits per heavy atom. The van der Waals surface area contributed by atoms with Crippen LogP contribution >= 0.6 is 0 Å². The quantitative estimate of drug-likeness (QED) is 0.463. The number of carbonyl (C=O) groups is 1. The van der Waals surface area contributed by atoms with Crippen LogP contribution < -0.4 is 15.4 Å². The van der Waals surface area contributed by atoms with Crippen molar-refractivity contribution in [2.75, 3.05) is 18.5 Å². The number of hydrogen-bond donors (Lipinski definition) is 2. The maximum atomic E-state index is 12.1. The maximum Gasteiger partial charge on any atom is 0.319 e. The Kier molecular flexibility index (Phi) is 6.65. The van der Waals surface area contributed by atoms with Crippen molar-refractivity contribution in [3.05, 3.63) is 48.0 Å². The molecule has 1 saturated carbocycles. The number of urea groups is 1. The highest BCUT2D eigenvalue weighted by Crippen LogP contribution is 2.40. The van der Waals surface area contributed by atoms with E-state index in [2.05, 4.69) is 27.3 Å². The molecule has 7 heteroatoms. The molecule has 0 bridgehead atoms. The molecule has 0 radical (unpaired) electrons. The van der Waals surface area contributed by atoms with Crippen molar-refractivity contribution in [3.8, 4) is 23.1 Å². The molecule has 3 aromatic rings. The van der Waals surface area contributed by atoms with E-state index >= 15 is 0 Å². The molecule has 2 aromatic carbocycles. The Morgan fingerprint density at radius 1 is 1.14 bits per heavy atom. The van der Waals surface area contributed by atoms with E-state index in [1.54, 1.807) is 0 Å². The first-order valence-corrected chi connectivity index (χ1v) is 12.5. The first-order valence-electron chi connectivity index (χ1n) is 12.5. The van der Waals surface area contributed by atoms with Crippen LogP contribution in [0.5, 0.6) is 5.75 Å². The third-order valence-electron chi connectivity index (χ3n) is 6.59. The molecule has 1 aromatic heterocycles. The van der Waals surface area contributed by atoms with E-state index in [0.29, 0.717) is 17.2 Å². The summed E-state index contributed by atoms with van der Waals surface area (Å²) in [5.41, 5.74) is 4.31. The minimum Gasteiger partial charge on any atom is -0.490 e. The summed E-state index contributed by atoms with van der Waals surface area (Å²) in [6.45, 7) is 6.19. The molecule has 0 atom stereocenters. The number of rotatable bonds is 7. The zero-order valence-corrected chi connectivity index (χ0v) is 20.3. The minimum atomic E-state index is -0.231. The number of carbonyl (C=O) groups excluding carboxylic acids is 1. The van der Waals surface area contributed by atoms with Crippen LogP contribution in [0.2, 0.25) is 0 Å². The number of aromatic nitrogens is 1. The molecular formula is C28H32N4O3. The highest BCUT2D eigenvalue weighted by Gasteiger charge is 2.27. The fourth-order valence-corrected chi connectivity index (χ4v) is 4.69. The van der Waals surface area contributed by atoms with Crippen LogP contribution in [0.1, 0.15) is 45.1 Å². The predicted octanol–water partition coefficient (Wildman–Crippen LogP) is 5.68. The Labute approximate surface area is 206 Å². The summed E-state index contributed by atoms with van der Waals surface area (Å²) in [5.74, 6) is 1.47. The normalized spacial score (nSPS) is 16.3. The van der Waals surface area contributed by atoms with Crippen LogP contribution in [0.25, 0.3) is 22.2 Å². The van der Waals surface area contributed by atoms with E-state index in [-0.39, 0.29) is 18.2 Å². The smallest absolute Gasteiger partial charge is 0.319 e. The molecule has 182 valence electrons. The molecule has 2 aliphatic rings. The van der Waals surface area contributed by atoms with Crippen LogP contribution in [-0.2, 0) is 11.3 Å². The zero-order chi connectivity index (χ0) is 24.4. The molecule has 0 spiro atoms. The Bertz CT molecular complexity index is 1250. The summed E-state index contributed by atoms with van der Waals surface area (Å²) < 4.78 is 14.0. The van der Waals surface area contributed by atoms with Crippen molar-refractivity contribution >= 4 is 22.6 Å². The summed E-state index contributed by atoms with van der Waals surface area (Å²) in [7, 11) is 0. The topological polar surface area (TPSA) is 88.3 Å². The third kappa shape index (κ3) is 5.28. The number of benzene rings is 2. The van der Waals surface area contributed by atoms with Gasteiger partial charge < -0.3 is 24.7 Å². The van der Waals surface area contributed by atoms with Gasteiger partial charge in [0.05, 0.1) is 30.0 Å². The van der Waals surface area contributed by atoms with E-state index in [4.69, 9.17) is 9.47 Å². The Balaban J connectivity index is 1.50. The molecule has 2 amide bonds. The van der Waals surface area contributed by atoms with Gasteiger partial charge in [0.25, 0.3) is 0 Å². The molecule has 1 saturated heterocycles. The maximum absolute atomic E-state index is 12.1. The molecule has 1 aliphatic carbocycles. The third-order valence-corrected chi connectivity index (χ3v) is 6.59. The van der Waals surface area contributed by atoms with Crippen LogP contribution in [0, 0.1) is 17.2 Å². The highest BCUT2D eigenvalue weighted by molar-refractivity contribution is 5.96. The van der Waals surface area contributed by atoms with E-state index < -0.39 is 0 Å². The van der Waals surface area contributed by atoms with Crippen molar-refractivity contribution < 1.29 is 14.3 Å². The minimum absolute atomic E-state index is 0.0610. The standard InChI is InChI=1S/C28H32N4O3/c1-18(2)30-28(33)31-21-7-5-20(6-8-21)27-25(16-29)24-10-9-23(35-22-11-13-34-14-12-22)15-26(24)32(27)17-19-3-4-19/h5-10,15,18-19,22H,3-4,11-14,17H2,1-2H3,(H2,30,31,33). The number of ether oxygens (including phenoxy) is 2. The molecular weight excluding hydrogens is 440 g/mol. The second-order valence-electron chi connectivity index (χ2n) is 9.83. The molecule has 0 unspecified atom stereocenters. The monoisotopic (exact) mass is 472 g/mol. The number of nitrogens with one attached hydrogen (secondary N) is 2. The van der Waals surface area contributed by atoms with E-state index in [9.17, 15) is 10.1 Å². The van der Waals surface area contributed by atoms with Crippen LogP contribution in [0.4, 0.5) is 10.5 Å². The first-order chi connectivity index (χ1) is 17.0. The second kappa shape index (κ2) is 10.0. The van der Waals surface area contributed by atoms with Crippen molar-refractivity contribution in [2.45, 2.75) is 58.2 Å². The zero-order valence-electron chi connectivity index (χ0n) is 20.3. The average molecular weight is 473 g/mol. The van der Waals surface area contributed by atoms with Crippen molar-refractivity contribution in [1.82, 2.24) is 9.88 Å². The van der Waals surface area contributed by atoms with Gasteiger partial charge >= 0.3 is 6.03 Å². The van der Waals surface area contributed by atoms with Gasteiger partial charge in [-0.2, -0.15) is 5.26 Å². The summed E-state index contributed by atoms with van der Waals surface area (Å²) in [6, 6.07) is 16.1. The van der Waals surface area contributed by atoms with Gasteiger partial charge in [0.2, 0.25) is 0 Å². The SMILES string of the molecule is CC(C)NC(=O)Nc1ccc(-c2c(C#N)c3ccc(OC4CCOCC4)cc3n2CC2CC2)cc1. The van der Waals surface area contributed by atoms with Crippen LogP contribution in [0.3, 0.4) is 0 Å². The molecule has 35 heavy (non-hydrogen) atoms. The lowest BCUT2D eigenvalue weighted by molar-refractivity contribution is 0.0256. The lowest BCUT2D eigenvalue weighted by Crippen LogP contribution is -2.34. The van der Waals surface area contributed by atoms with Gasteiger partial charge in [-0.3, -0.25) is 0 Å². The van der Waals surface area contributed by atoms with Gasteiger partial charge in [0, 0.05) is 42.6 Å². The summed E-state index contributed by atoms with van der Waals surface area (Å²) in [5, 5.41) is 16.8. The Morgan fingerprint density at radius 2 is 1.89 bits per heavy atom. The van der Waals surface area contributed by atoms with E-state index in [1.807, 2.05) is 50.2 Å². The Hall–Kier alpha value is -3.50. The van der Waals surface area contributed by atoms with Gasteiger partial charge in [0.15, 0.2) is 0 Å². The number of nitrogens with zero attached hydrogens (tertiary/aromatic N) is 2. The molecule has 7 nitrogen and oxygen atoms in total. The lowest BCUT2D eigenvalue weighted by atomic mass is 10.1. The number of fused-ring (bicyclic) bond motifs is 1. The van der Waals surface area contributed by atoms with Crippen molar-refractivity contribution in [3.63, 3.8) is 0 Å². The molecule has 2 heterocycles. The van der Waals surface area contributed by atoms with E-state index in [0.717, 1.165) is 60.5 Å². The number of anilines is 1.